The Hall–Kier alpha value is -2.04. The second kappa shape index (κ2) is 6.38. The van der Waals surface area contributed by atoms with Gasteiger partial charge < -0.3 is 15.2 Å². The molecule has 1 saturated carbocycles. The normalized spacial score (nSPS) is 24.0. The van der Waals surface area contributed by atoms with E-state index >= 15 is 0 Å². The summed E-state index contributed by atoms with van der Waals surface area (Å²) in [6.45, 7) is 0.755. The number of hydrogen-bond donors (Lipinski definition) is 2. The largest absolute Gasteiger partial charge is 0.493 e. The second-order valence-electron chi connectivity index (χ2n) is 6.15. The van der Waals surface area contributed by atoms with Crippen molar-refractivity contribution in [1.29, 1.82) is 0 Å². The van der Waals surface area contributed by atoms with Crippen molar-refractivity contribution in [1.82, 2.24) is 0 Å². The third-order valence-electron chi connectivity index (χ3n) is 4.62. The van der Waals surface area contributed by atoms with E-state index in [0.717, 1.165) is 36.4 Å². The molecule has 1 aromatic rings. The number of aryl methyl sites for hydroxylation is 1. The van der Waals surface area contributed by atoms with E-state index in [1.54, 1.807) is 0 Å². The summed E-state index contributed by atoms with van der Waals surface area (Å²) in [7, 11) is 0. The van der Waals surface area contributed by atoms with Gasteiger partial charge in [0.05, 0.1) is 12.5 Å². The lowest BCUT2D eigenvalue weighted by molar-refractivity contribution is -0.143. The maximum atomic E-state index is 12.3. The molecular weight excluding hydrogens is 282 g/mol. The molecule has 2 aliphatic rings. The van der Waals surface area contributed by atoms with E-state index in [4.69, 9.17) is 9.84 Å². The van der Waals surface area contributed by atoms with Crippen molar-refractivity contribution in [3.05, 3.63) is 23.8 Å². The Morgan fingerprint density at radius 3 is 2.59 bits per heavy atom. The maximum Gasteiger partial charge on any atom is 0.306 e. The summed E-state index contributed by atoms with van der Waals surface area (Å²) >= 11 is 0. The first kappa shape index (κ1) is 14.9. The molecule has 0 spiro atoms. The van der Waals surface area contributed by atoms with Gasteiger partial charge in [0.15, 0.2) is 0 Å². The van der Waals surface area contributed by atoms with E-state index in [1.165, 1.54) is 0 Å². The quantitative estimate of drug-likeness (QED) is 0.900. The molecule has 0 atom stereocenters. The van der Waals surface area contributed by atoms with Crippen LogP contribution in [0.5, 0.6) is 5.75 Å². The van der Waals surface area contributed by atoms with Gasteiger partial charge in [-0.15, -0.1) is 0 Å². The van der Waals surface area contributed by atoms with Gasteiger partial charge in [0.1, 0.15) is 5.75 Å². The van der Waals surface area contributed by atoms with Crippen LogP contribution in [0.3, 0.4) is 0 Å². The van der Waals surface area contributed by atoms with Crippen LogP contribution in [-0.2, 0) is 16.0 Å². The molecule has 0 radical (unpaired) electrons. The molecule has 1 aliphatic heterocycles. The van der Waals surface area contributed by atoms with Crippen LogP contribution in [0.25, 0.3) is 0 Å². The fourth-order valence-electron chi connectivity index (χ4n) is 3.29. The summed E-state index contributed by atoms with van der Waals surface area (Å²) < 4.78 is 5.57. The molecule has 0 saturated heterocycles. The highest BCUT2D eigenvalue weighted by atomic mass is 16.5. The Labute approximate surface area is 129 Å². The first-order valence-electron chi connectivity index (χ1n) is 7.93. The van der Waals surface area contributed by atoms with Crippen molar-refractivity contribution >= 4 is 17.6 Å². The first-order chi connectivity index (χ1) is 10.6. The van der Waals surface area contributed by atoms with Gasteiger partial charge in [-0.1, -0.05) is 0 Å². The van der Waals surface area contributed by atoms with E-state index in [0.29, 0.717) is 25.7 Å². The topological polar surface area (TPSA) is 75.6 Å². The van der Waals surface area contributed by atoms with Crippen molar-refractivity contribution in [2.24, 2.45) is 11.8 Å². The number of ether oxygens (including phenoxy) is 1. The van der Waals surface area contributed by atoms with Gasteiger partial charge in [0, 0.05) is 11.6 Å². The highest BCUT2D eigenvalue weighted by Gasteiger charge is 2.29. The smallest absolute Gasteiger partial charge is 0.306 e. The Balaban J connectivity index is 1.59. The zero-order valence-electron chi connectivity index (χ0n) is 12.5. The van der Waals surface area contributed by atoms with Crippen LogP contribution < -0.4 is 10.1 Å². The fraction of sp³-hybridized carbons (Fsp3) is 0.529. The van der Waals surface area contributed by atoms with Crippen LogP contribution in [0.2, 0.25) is 0 Å². The molecular formula is C17H21NO4. The lowest BCUT2D eigenvalue weighted by atomic mass is 9.81. The number of hydrogen-bond acceptors (Lipinski definition) is 3. The minimum atomic E-state index is -0.742. The number of amides is 1. The van der Waals surface area contributed by atoms with E-state index in [1.807, 2.05) is 18.2 Å². The predicted octanol–water partition coefficient (Wildman–Crippen LogP) is 2.84. The van der Waals surface area contributed by atoms with Gasteiger partial charge in [-0.2, -0.15) is 0 Å². The third kappa shape index (κ3) is 3.24. The highest BCUT2D eigenvalue weighted by Crippen LogP contribution is 2.31. The zero-order valence-corrected chi connectivity index (χ0v) is 12.5. The van der Waals surface area contributed by atoms with E-state index in [-0.39, 0.29) is 17.7 Å². The van der Waals surface area contributed by atoms with Crippen molar-refractivity contribution in [3.8, 4) is 5.75 Å². The molecule has 5 heteroatoms. The fourth-order valence-corrected chi connectivity index (χ4v) is 3.29. The van der Waals surface area contributed by atoms with Gasteiger partial charge in [-0.3, -0.25) is 9.59 Å². The Kier molecular flexibility index (Phi) is 4.32. The number of nitrogens with one attached hydrogen (secondary N) is 1. The molecule has 1 aliphatic carbocycles. The number of rotatable bonds is 3. The standard InChI is InChI=1S/C17H21NO4/c19-16(11-3-5-12(6-4-11)17(20)21)18-14-7-8-15-13(10-14)2-1-9-22-15/h7-8,10-12H,1-6,9H2,(H,18,19)(H,20,21). The number of benzene rings is 1. The van der Waals surface area contributed by atoms with Gasteiger partial charge in [-0.25, -0.2) is 0 Å². The van der Waals surface area contributed by atoms with E-state index in [2.05, 4.69) is 5.32 Å². The van der Waals surface area contributed by atoms with Crippen LogP contribution in [0.4, 0.5) is 5.69 Å². The number of anilines is 1. The molecule has 1 heterocycles. The van der Waals surface area contributed by atoms with Gasteiger partial charge in [-0.05, 0) is 62.3 Å². The maximum absolute atomic E-state index is 12.3. The van der Waals surface area contributed by atoms with Crippen LogP contribution in [0, 0.1) is 11.8 Å². The Morgan fingerprint density at radius 1 is 1.14 bits per heavy atom. The average molecular weight is 303 g/mol. The lowest BCUT2D eigenvalue weighted by Gasteiger charge is -2.25. The molecule has 5 nitrogen and oxygen atoms in total. The van der Waals surface area contributed by atoms with E-state index < -0.39 is 5.97 Å². The van der Waals surface area contributed by atoms with Gasteiger partial charge in [0.2, 0.25) is 5.91 Å². The molecule has 1 amide bonds. The molecule has 118 valence electrons. The summed E-state index contributed by atoms with van der Waals surface area (Å²) in [6.07, 6.45) is 4.46. The summed E-state index contributed by atoms with van der Waals surface area (Å²) in [5.74, 6) is -0.201. The number of aliphatic carboxylic acids is 1. The number of carbonyl (C=O) groups is 2. The molecule has 1 fully saturated rings. The number of carboxylic acid groups (broad SMARTS) is 1. The monoisotopic (exact) mass is 303 g/mol. The number of carboxylic acids is 1. The number of carbonyl (C=O) groups excluding carboxylic acids is 1. The molecule has 0 bridgehead atoms. The Morgan fingerprint density at radius 2 is 1.86 bits per heavy atom. The summed E-state index contributed by atoms with van der Waals surface area (Å²) in [5.41, 5.74) is 1.94. The van der Waals surface area contributed by atoms with Gasteiger partial charge in [0.25, 0.3) is 0 Å². The van der Waals surface area contributed by atoms with Crippen molar-refractivity contribution in [2.75, 3.05) is 11.9 Å². The molecule has 3 rings (SSSR count). The minimum absolute atomic E-state index is 0.000478. The van der Waals surface area contributed by atoms with Crippen molar-refractivity contribution in [3.63, 3.8) is 0 Å². The predicted molar refractivity (Wildman–Crippen MR) is 82.0 cm³/mol. The van der Waals surface area contributed by atoms with Gasteiger partial charge >= 0.3 is 5.97 Å². The third-order valence-corrected chi connectivity index (χ3v) is 4.62. The molecule has 0 aromatic heterocycles. The van der Waals surface area contributed by atoms with Crippen LogP contribution >= 0.6 is 0 Å². The van der Waals surface area contributed by atoms with Crippen LogP contribution in [-0.4, -0.2) is 23.6 Å². The highest BCUT2D eigenvalue weighted by molar-refractivity contribution is 5.92. The molecule has 22 heavy (non-hydrogen) atoms. The summed E-state index contributed by atoms with van der Waals surface area (Å²) in [5, 5.41) is 12.0. The van der Waals surface area contributed by atoms with Crippen LogP contribution in [0.1, 0.15) is 37.7 Å². The summed E-state index contributed by atoms with van der Waals surface area (Å²) in [6, 6.07) is 5.76. The lowest BCUT2D eigenvalue weighted by Crippen LogP contribution is -2.29. The van der Waals surface area contributed by atoms with Crippen molar-refractivity contribution < 1.29 is 19.4 Å². The minimum Gasteiger partial charge on any atom is -0.493 e. The number of fused-ring (bicyclic) bond motifs is 1. The van der Waals surface area contributed by atoms with Crippen LogP contribution in [0.15, 0.2) is 18.2 Å². The molecule has 2 N–H and O–H groups in total. The molecule has 1 aromatic carbocycles. The molecule has 0 unspecified atom stereocenters. The summed E-state index contributed by atoms with van der Waals surface area (Å²) in [4.78, 5) is 23.3. The first-order valence-corrected chi connectivity index (χ1v) is 7.93. The SMILES string of the molecule is O=C(O)C1CCC(C(=O)Nc2ccc3c(c2)CCCO3)CC1. The van der Waals surface area contributed by atoms with Crippen molar-refractivity contribution in [2.45, 2.75) is 38.5 Å². The average Bonchev–Trinajstić information content (AvgIpc) is 2.55. The second-order valence-corrected chi connectivity index (χ2v) is 6.15. The zero-order chi connectivity index (χ0) is 15.5. The Bertz CT molecular complexity index is 576. The van der Waals surface area contributed by atoms with E-state index in [9.17, 15) is 9.59 Å².